The minimum Gasteiger partial charge on any atom is -0.244 e. The van der Waals surface area contributed by atoms with E-state index in [4.69, 9.17) is 0 Å². The van der Waals surface area contributed by atoms with Gasteiger partial charge >= 0.3 is 0 Å². The van der Waals surface area contributed by atoms with Gasteiger partial charge in [0, 0.05) is 12.3 Å². The lowest BCUT2D eigenvalue weighted by molar-refractivity contribution is 1.50. The molecular formula is C7H10N2. The van der Waals surface area contributed by atoms with Crippen LogP contribution in [0.15, 0.2) is 28.0 Å². The second-order valence-electron chi connectivity index (χ2n) is 1.03. The third-order valence-corrected chi connectivity index (χ3v) is 0.539. The fraction of sp³-hybridized carbons (Fsp3) is 0.286. The molecule has 0 aromatic heterocycles. The summed E-state index contributed by atoms with van der Waals surface area (Å²) in [6.45, 7) is 4.00. The van der Waals surface area contributed by atoms with Gasteiger partial charge < -0.3 is 0 Å². The van der Waals surface area contributed by atoms with E-state index >= 15 is 0 Å². The third kappa shape index (κ3) is 4.72. The van der Waals surface area contributed by atoms with Crippen molar-refractivity contribution >= 4 is 12.6 Å². The maximum atomic E-state index is 3.70. The van der Waals surface area contributed by atoms with E-state index in [-0.39, 0.29) is 0 Å². The molecule has 1 heterocycles. The van der Waals surface area contributed by atoms with Crippen molar-refractivity contribution < 1.29 is 0 Å². The maximum Gasteiger partial charge on any atom is 0.116 e. The Morgan fingerprint density at radius 1 is 1.22 bits per heavy atom. The number of allylic oxidation sites excluding steroid dienone is 1. The van der Waals surface area contributed by atoms with E-state index in [1.54, 1.807) is 18.5 Å². The van der Waals surface area contributed by atoms with Crippen LogP contribution in [0.5, 0.6) is 0 Å². The van der Waals surface area contributed by atoms with Gasteiger partial charge in [-0.1, -0.05) is 19.6 Å². The molecule has 0 aliphatic carbocycles. The van der Waals surface area contributed by atoms with Crippen LogP contribution in [0.2, 0.25) is 0 Å². The zero-order valence-corrected chi connectivity index (χ0v) is 5.70. The molecule has 0 radical (unpaired) electrons. The summed E-state index contributed by atoms with van der Waals surface area (Å²) in [6, 6.07) is 0. The average molecular weight is 122 g/mol. The van der Waals surface area contributed by atoms with Crippen LogP contribution in [0.25, 0.3) is 0 Å². The minimum atomic E-state index is 1.47. The Hall–Kier alpha value is -1.14. The van der Waals surface area contributed by atoms with Crippen LogP contribution in [-0.2, 0) is 0 Å². The quantitative estimate of drug-likeness (QED) is 0.438. The second kappa shape index (κ2) is 6.86. The van der Waals surface area contributed by atoms with E-state index in [9.17, 15) is 0 Å². The van der Waals surface area contributed by atoms with E-state index in [2.05, 4.69) is 15.7 Å². The highest BCUT2D eigenvalue weighted by Crippen LogP contribution is 1.73. The Morgan fingerprint density at radius 3 is 2.78 bits per heavy atom. The molecule has 2 nitrogen and oxygen atoms in total. The maximum absolute atomic E-state index is 3.70. The fourth-order valence-corrected chi connectivity index (χ4v) is 0.282. The lowest BCUT2D eigenvalue weighted by Gasteiger charge is -1.62. The Bertz CT molecular complexity index is 144. The minimum absolute atomic E-state index is 1.47. The molecule has 1 rings (SSSR count). The highest BCUT2D eigenvalue weighted by molar-refractivity contribution is 5.80. The summed E-state index contributed by atoms with van der Waals surface area (Å²) in [6.07, 6.45) is 6.36. The molecule has 0 unspecified atom stereocenters. The van der Waals surface area contributed by atoms with Gasteiger partial charge in [0.05, 0.1) is 6.20 Å². The third-order valence-electron chi connectivity index (χ3n) is 0.539. The van der Waals surface area contributed by atoms with Crippen molar-refractivity contribution in [3.63, 3.8) is 0 Å². The van der Waals surface area contributed by atoms with Crippen LogP contribution in [-0.4, -0.2) is 12.6 Å². The summed E-state index contributed by atoms with van der Waals surface area (Å²) >= 11 is 0. The zero-order chi connectivity index (χ0) is 6.95. The number of aliphatic imine (C=N–C) groups is 2. The number of hydrogen-bond donors (Lipinski definition) is 0. The zero-order valence-electron chi connectivity index (χ0n) is 5.70. The summed E-state index contributed by atoms with van der Waals surface area (Å²) in [5, 5.41) is 0. The first-order valence-corrected chi connectivity index (χ1v) is 2.94. The molecule has 0 saturated carbocycles. The predicted molar refractivity (Wildman–Crippen MR) is 41.0 cm³/mol. The van der Waals surface area contributed by atoms with Crippen molar-refractivity contribution in [3.8, 4) is 0 Å². The van der Waals surface area contributed by atoms with Crippen LogP contribution in [0, 0.1) is 0 Å². The van der Waals surface area contributed by atoms with Crippen LogP contribution in [0.4, 0.5) is 0 Å². The van der Waals surface area contributed by atoms with Crippen molar-refractivity contribution in [3.05, 3.63) is 18.0 Å². The molecule has 0 amide bonds. The molecule has 0 saturated heterocycles. The monoisotopic (exact) mass is 122 g/mol. The Kier molecular flexibility index (Phi) is 5.99. The average Bonchev–Trinajstić information content (AvgIpc) is 2.21. The topological polar surface area (TPSA) is 24.7 Å². The normalized spacial score (nSPS) is 12.2. The Balaban J connectivity index is 0.000000291. The van der Waals surface area contributed by atoms with E-state index in [1.807, 2.05) is 13.8 Å². The smallest absolute Gasteiger partial charge is 0.116 e. The van der Waals surface area contributed by atoms with Crippen molar-refractivity contribution in [1.29, 1.82) is 0 Å². The van der Waals surface area contributed by atoms with Crippen LogP contribution in [0.1, 0.15) is 13.8 Å². The highest BCUT2D eigenvalue weighted by Gasteiger charge is 1.63. The molecule has 9 heavy (non-hydrogen) atoms. The van der Waals surface area contributed by atoms with Crippen LogP contribution < -0.4 is 0 Å². The van der Waals surface area contributed by atoms with Gasteiger partial charge in [0.2, 0.25) is 0 Å². The fourth-order valence-electron chi connectivity index (χ4n) is 0.282. The number of rotatable bonds is 0. The Labute approximate surface area is 55.3 Å². The first-order valence-electron chi connectivity index (χ1n) is 2.94. The van der Waals surface area contributed by atoms with Gasteiger partial charge in [-0.25, -0.2) is 9.98 Å². The first-order chi connectivity index (χ1) is 4.50. The standard InChI is InChI=1S/C5H4N2.C2H6/c1-2-4-7-5-6-3-1;1-2/h1,3-5H;1-2H3. The summed E-state index contributed by atoms with van der Waals surface area (Å²) in [5.74, 6) is 0. The van der Waals surface area contributed by atoms with E-state index in [1.165, 1.54) is 6.34 Å². The lowest BCUT2D eigenvalue weighted by Crippen LogP contribution is -1.60. The molecule has 1 aliphatic heterocycles. The molecule has 0 fully saturated rings. The summed E-state index contributed by atoms with van der Waals surface area (Å²) < 4.78 is 0. The molecule has 0 atom stereocenters. The van der Waals surface area contributed by atoms with Gasteiger partial charge in [-0.05, 0) is 0 Å². The Morgan fingerprint density at radius 2 is 2.00 bits per heavy atom. The highest BCUT2D eigenvalue weighted by atomic mass is 14.8. The van der Waals surface area contributed by atoms with Crippen molar-refractivity contribution in [1.82, 2.24) is 0 Å². The molecule has 0 bridgehead atoms. The molecular weight excluding hydrogens is 112 g/mol. The van der Waals surface area contributed by atoms with Crippen molar-refractivity contribution in [2.45, 2.75) is 13.8 Å². The molecule has 0 spiro atoms. The number of nitrogens with zero attached hydrogens (tertiary/aromatic N) is 2. The van der Waals surface area contributed by atoms with Gasteiger partial charge in [0.25, 0.3) is 0 Å². The first kappa shape index (κ1) is 7.86. The van der Waals surface area contributed by atoms with Gasteiger partial charge in [-0.3, -0.25) is 0 Å². The lowest BCUT2D eigenvalue weighted by atomic mass is 10.6. The summed E-state index contributed by atoms with van der Waals surface area (Å²) in [4.78, 5) is 7.39. The van der Waals surface area contributed by atoms with E-state index in [0.717, 1.165) is 0 Å². The second-order valence-corrected chi connectivity index (χ2v) is 1.03. The van der Waals surface area contributed by atoms with Gasteiger partial charge in [-0.15, -0.1) is 0 Å². The van der Waals surface area contributed by atoms with Crippen molar-refractivity contribution in [2.24, 2.45) is 9.98 Å². The van der Waals surface area contributed by atoms with Gasteiger partial charge in [0.15, 0.2) is 0 Å². The predicted octanol–water partition coefficient (Wildman–Crippen LogP) is 1.79. The summed E-state index contributed by atoms with van der Waals surface area (Å²) in [5.41, 5.74) is 2.75. The molecule has 1 aliphatic rings. The van der Waals surface area contributed by atoms with E-state index < -0.39 is 0 Å². The van der Waals surface area contributed by atoms with Crippen LogP contribution >= 0.6 is 0 Å². The largest absolute Gasteiger partial charge is 0.244 e. The molecule has 0 aromatic rings. The molecule has 2 heteroatoms. The molecule has 0 N–H and O–H groups in total. The number of hydrogen-bond acceptors (Lipinski definition) is 2. The summed E-state index contributed by atoms with van der Waals surface area (Å²) in [7, 11) is 0. The molecule has 48 valence electrons. The van der Waals surface area contributed by atoms with Gasteiger partial charge in [0.1, 0.15) is 6.34 Å². The van der Waals surface area contributed by atoms with E-state index in [0.29, 0.717) is 0 Å². The molecule has 0 aromatic carbocycles. The van der Waals surface area contributed by atoms with Gasteiger partial charge in [-0.2, -0.15) is 0 Å². The van der Waals surface area contributed by atoms with Crippen LogP contribution in [0.3, 0.4) is 0 Å². The van der Waals surface area contributed by atoms with Crippen molar-refractivity contribution in [2.75, 3.05) is 0 Å². The SMILES string of the molecule is C1=CC=NC=NC=1.CC.